The second kappa shape index (κ2) is 3.93. The molecule has 19 heavy (non-hydrogen) atoms. The van der Waals surface area contributed by atoms with Gasteiger partial charge in [-0.3, -0.25) is 0 Å². The summed E-state index contributed by atoms with van der Waals surface area (Å²) >= 11 is 1.60. The number of hydrogen-bond donors (Lipinski definition) is 1. The molecule has 94 valence electrons. The second-order valence-electron chi connectivity index (χ2n) is 4.67. The smallest absolute Gasteiger partial charge is 0.223 e. The molecule has 0 spiro atoms. The summed E-state index contributed by atoms with van der Waals surface area (Å²) < 4.78 is 0. The Balaban J connectivity index is 1.83. The van der Waals surface area contributed by atoms with Gasteiger partial charge in [-0.1, -0.05) is 24.3 Å². The number of hydrogen-bond acceptors (Lipinski definition) is 5. The molecule has 3 aromatic rings. The first-order chi connectivity index (χ1) is 9.31. The molecule has 0 unspecified atom stereocenters. The summed E-state index contributed by atoms with van der Waals surface area (Å²) in [7, 11) is 0. The number of benzene rings is 1. The van der Waals surface area contributed by atoms with E-state index < -0.39 is 0 Å². The highest BCUT2D eigenvalue weighted by Crippen LogP contribution is 2.33. The first kappa shape index (κ1) is 10.8. The minimum Gasteiger partial charge on any atom is -0.368 e. The van der Waals surface area contributed by atoms with E-state index in [0.717, 1.165) is 29.1 Å². The summed E-state index contributed by atoms with van der Waals surface area (Å²) in [4.78, 5) is 11.9. The molecule has 2 aromatic heterocycles. The number of thiophene rings is 1. The maximum atomic E-state index is 5.81. The zero-order valence-electron chi connectivity index (χ0n) is 10.2. The van der Waals surface area contributed by atoms with E-state index in [4.69, 9.17) is 5.73 Å². The van der Waals surface area contributed by atoms with Gasteiger partial charge in [0, 0.05) is 13.1 Å². The highest BCUT2D eigenvalue weighted by molar-refractivity contribution is 7.16. The van der Waals surface area contributed by atoms with Crippen LogP contribution in [0.15, 0.2) is 35.7 Å². The normalized spacial score (nSPS) is 14.0. The van der Waals surface area contributed by atoms with Gasteiger partial charge >= 0.3 is 0 Å². The predicted octanol–water partition coefficient (Wildman–Crippen LogP) is 2.79. The van der Waals surface area contributed by atoms with Gasteiger partial charge in [0.2, 0.25) is 5.95 Å². The van der Waals surface area contributed by atoms with Crippen molar-refractivity contribution >= 4 is 33.3 Å². The number of fused-ring (bicyclic) bond motifs is 2. The Labute approximate surface area is 114 Å². The van der Waals surface area contributed by atoms with Crippen molar-refractivity contribution in [2.24, 2.45) is 0 Å². The van der Waals surface area contributed by atoms with E-state index in [9.17, 15) is 0 Å². The van der Waals surface area contributed by atoms with E-state index in [2.05, 4.69) is 45.2 Å². The number of nitrogens with zero attached hydrogens (tertiary/aromatic N) is 3. The molecule has 2 N–H and O–H groups in total. The average Bonchev–Trinajstić information content (AvgIpc) is 3.03. The van der Waals surface area contributed by atoms with Crippen molar-refractivity contribution in [2.75, 3.05) is 10.6 Å². The van der Waals surface area contributed by atoms with Gasteiger partial charge in [-0.05, 0) is 22.6 Å². The van der Waals surface area contributed by atoms with Crippen LogP contribution >= 0.6 is 11.3 Å². The maximum absolute atomic E-state index is 5.81. The van der Waals surface area contributed by atoms with Crippen molar-refractivity contribution in [3.63, 3.8) is 0 Å². The zero-order valence-corrected chi connectivity index (χ0v) is 11.0. The molecule has 3 heterocycles. The summed E-state index contributed by atoms with van der Waals surface area (Å²) in [6.45, 7) is 1.77. The van der Waals surface area contributed by atoms with Crippen molar-refractivity contribution in [1.29, 1.82) is 0 Å². The van der Waals surface area contributed by atoms with Gasteiger partial charge in [0.1, 0.15) is 10.6 Å². The molecule has 0 amide bonds. The van der Waals surface area contributed by atoms with Gasteiger partial charge in [0.15, 0.2) is 0 Å². The van der Waals surface area contributed by atoms with Crippen LogP contribution in [0.2, 0.25) is 0 Å². The Kier molecular flexibility index (Phi) is 2.22. The van der Waals surface area contributed by atoms with Crippen LogP contribution in [0.5, 0.6) is 0 Å². The Morgan fingerprint density at radius 1 is 1.05 bits per heavy atom. The fourth-order valence-corrected chi connectivity index (χ4v) is 3.35. The van der Waals surface area contributed by atoms with Crippen LogP contribution in [-0.2, 0) is 13.1 Å². The number of nitrogens with two attached hydrogens (primary N) is 1. The van der Waals surface area contributed by atoms with E-state index in [-0.39, 0.29) is 0 Å². The first-order valence-electron chi connectivity index (χ1n) is 6.14. The number of aromatic nitrogens is 2. The third kappa shape index (κ3) is 1.66. The fourth-order valence-electron chi connectivity index (χ4n) is 2.58. The standard InChI is InChI=1S/C14H12N4S/c15-14-16-12(11-5-6-19-13(11)17-14)18-7-9-3-1-2-4-10(9)8-18/h1-6H,7-8H2,(H2,15,16,17). The lowest BCUT2D eigenvalue weighted by molar-refractivity contribution is 0.862. The van der Waals surface area contributed by atoms with E-state index in [0.29, 0.717) is 5.95 Å². The minimum absolute atomic E-state index is 0.348. The van der Waals surface area contributed by atoms with Crippen molar-refractivity contribution < 1.29 is 0 Å². The Morgan fingerprint density at radius 2 is 1.79 bits per heavy atom. The molecular weight excluding hydrogens is 256 g/mol. The molecule has 0 bridgehead atoms. The van der Waals surface area contributed by atoms with Crippen LogP contribution in [0.3, 0.4) is 0 Å². The molecule has 0 atom stereocenters. The van der Waals surface area contributed by atoms with E-state index in [1.165, 1.54) is 11.1 Å². The van der Waals surface area contributed by atoms with Gasteiger partial charge in [-0.15, -0.1) is 11.3 Å². The van der Waals surface area contributed by atoms with Gasteiger partial charge in [-0.2, -0.15) is 4.98 Å². The van der Waals surface area contributed by atoms with Gasteiger partial charge in [0.25, 0.3) is 0 Å². The molecule has 4 nitrogen and oxygen atoms in total. The van der Waals surface area contributed by atoms with E-state index >= 15 is 0 Å². The van der Waals surface area contributed by atoms with E-state index in [1.54, 1.807) is 11.3 Å². The number of anilines is 2. The molecule has 1 aliphatic rings. The molecular formula is C14H12N4S. The van der Waals surface area contributed by atoms with Crippen LogP contribution in [0, 0.1) is 0 Å². The average molecular weight is 268 g/mol. The molecule has 1 aliphatic heterocycles. The second-order valence-corrected chi connectivity index (χ2v) is 5.56. The van der Waals surface area contributed by atoms with E-state index in [1.807, 2.05) is 5.38 Å². The Bertz CT molecular complexity index is 740. The predicted molar refractivity (Wildman–Crippen MR) is 78.2 cm³/mol. The molecule has 0 saturated heterocycles. The van der Waals surface area contributed by atoms with Crippen LogP contribution < -0.4 is 10.6 Å². The fraction of sp³-hybridized carbons (Fsp3) is 0.143. The quantitative estimate of drug-likeness (QED) is 0.737. The lowest BCUT2D eigenvalue weighted by atomic mass is 10.1. The van der Waals surface area contributed by atoms with Gasteiger partial charge in [-0.25, -0.2) is 4.98 Å². The third-order valence-electron chi connectivity index (χ3n) is 3.46. The zero-order chi connectivity index (χ0) is 12.8. The minimum atomic E-state index is 0.348. The lowest BCUT2D eigenvalue weighted by Gasteiger charge is -2.17. The summed E-state index contributed by atoms with van der Waals surface area (Å²) in [5, 5.41) is 3.12. The maximum Gasteiger partial charge on any atom is 0.223 e. The summed E-state index contributed by atoms with van der Waals surface area (Å²) in [6.07, 6.45) is 0. The molecule has 0 aliphatic carbocycles. The van der Waals surface area contributed by atoms with Crippen molar-refractivity contribution in [1.82, 2.24) is 9.97 Å². The van der Waals surface area contributed by atoms with Crippen LogP contribution in [0.25, 0.3) is 10.2 Å². The van der Waals surface area contributed by atoms with Crippen LogP contribution in [0.4, 0.5) is 11.8 Å². The van der Waals surface area contributed by atoms with Gasteiger partial charge < -0.3 is 10.6 Å². The highest BCUT2D eigenvalue weighted by Gasteiger charge is 2.22. The molecule has 0 fully saturated rings. The first-order valence-corrected chi connectivity index (χ1v) is 7.02. The molecule has 0 radical (unpaired) electrons. The molecule has 5 heteroatoms. The summed E-state index contributed by atoms with van der Waals surface area (Å²) in [6, 6.07) is 10.6. The van der Waals surface area contributed by atoms with Crippen LogP contribution in [0.1, 0.15) is 11.1 Å². The highest BCUT2D eigenvalue weighted by atomic mass is 32.1. The molecule has 1 aromatic carbocycles. The van der Waals surface area contributed by atoms with Gasteiger partial charge in [0.05, 0.1) is 5.39 Å². The summed E-state index contributed by atoms with van der Waals surface area (Å²) in [5.41, 5.74) is 8.54. The number of nitrogen functional groups attached to an aromatic ring is 1. The SMILES string of the molecule is Nc1nc(N2Cc3ccccc3C2)c2ccsc2n1. The van der Waals surface area contributed by atoms with Crippen LogP contribution in [-0.4, -0.2) is 9.97 Å². The van der Waals surface area contributed by atoms with Crippen molar-refractivity contribution in [3.05, 3.63) is 46.8 Å². The Morgan fingerprint density at radius 3 is 2.53 bits per heavy atom. The third-order valence-corrected chi connectivity index (χ3v) is 4.27. The number of rotatable bonds is 1. The van der Waals surface area contributed by atoms with Crippen molar-refractivity contribution in [3.8, 4) is 0 Å². The topological polar surface area (TPSA) is 55.0 Å². The largest absolute Gasteiger partial charge is 0.368 e. The molecule has 0 saturated carbocycles. The lowest BCUT2D eigenvalue weighted by Crippen LogP contribution is -2.17. The molecule has 4 rings (SSSR count). The van der Waals surface area contributed by atoms with Crippen molar-refractivity contribution in [2.45, 2.75) is 13.1 Å². The Hall–Kier alpha value is -2.14. The monoisotopic (exact) mass is 268 g/mol. The summed E-state index contributed by atoms with van der Waals surface area (Å²) in [5.74, 6) is 1.29.